The van der Waals surface area contributed by atoms with Gasteiger partial charge in [0.15, 0.2) is 5.43 Å². The van der Waals surface area contributed by atoms with E-state index in [0.717, 1.165) is 0 Å². The molecule has 1 rings (SSSR count). The highest BCUT2D eigenvalue weighted by Gasteiger charge is 2.21. The largest absolute Gasteiger partial charge is 0.480 e. The zero-order valence-corrected chi connectivity index (χ0v) is 10.3. The minimum absolute atomic E-state index is 0.105. The third-order valence-corrected chi connectivity index (χ3v) is 2.65. The number of rotatable bonds is 5. The lowest BCUT2D eigenvalue weighted by Crippen LogP contribution is -2.25. The third kappa shape index (κ3) is 3.17. The zero-order chi connectivity index (χ0) is 13.0. The normalized spacial score (nSPS) is 12.4. The van der Waals surface area contributed by atoms with Crippen LogP contribution in [0.25, 0.3) is 0 Å². The van der Waals surface area contributed by atoms with E-state index in [1.165, 1.54) is 19.2 Å². The topological polar surface area (TPSA) is 68.5 Å². The quantitative estimate of drug-likeness (QED) is 0.836. The molecule has 1 unspecified atom stereocenters. The van der Waals surface area contributed by atoms with Crippen LogP contribution in [-0.2, 0) is 9.53 Å². The molecule has 0 aromatic carbocycles. The van der Waals surface area contributed by atoms with Crippen molar-refractivity contribution in [2.45, 2.75) is 26.3 Å². The number of pyridine rings is 1. The van der Waals surface area contributed by atoms with Crippen LogP contribution < -0.4 is 5.43 Å². The van der Waals surface area contributed by atoms with Gasteiger partial charge < -0.3 is 14.4 Å². The Balaban J connectivity index is 3.18. The summed E-state index contributed by atoms with van der Waals surface area (Å²) in [5, 5.41) is 9.22. The number of aliphatic carboxylic acids is 1. The molecular weight excluding hydrogens is 222 g/mol. The number of carboxylic acids is 1. The average Bonchev–Trinajstić information content (AvgIpc) is 2.20. The lowest BCUT2D eigenvalue weighted by Gasteiger charge is -2.21. The van der Waals surface area contributed by atoms with E-state index in [4.69, 9.17) is 4.74 Å². The van der Waals surface area contributed by atoms with Gasteiger partial charge in [-0.2, -0.15) is 0 Å². The number of hydrogen-bond acceptors (Lipinski definition) is 3. The Morgan fingerprint density at radius 3 is 2.35 bits per heavy atom. The summed E-state index contributed by atoms with van der Waals surface area (Å²) in [6, 6.07) is 2.18. The van der Waals surface area contributed by atoms with Gasteiger partial charge in [-0.15, -0.1) is 0 Å². The first kappa shape index (κ1) is 13.4. The summed E-state index contributed by atoms with van der Waals surface area (Å²) in [5.41, 5.74) is 1.20. The van der Waals surface area contributed by atoms with Crippen LogP contribution in [0.4, 0.5) is 0 Å². The van der Waals surface area contributed by atoms with Gasteiger partial charge in [0.1, 0.15) is 6.04 Å². The molecule has 1 aromatic heterocycles. The van der Waals surface area contributed by atoms with Gasteiger partial charge in [0, 0.05) is 43.7 Å². The summed E-state index contributed by atoms with van der Waals surface area (Å²) in [6.45, 7) is 3.83. The molecule has 1 aromatic rings. The molecule has 1 atom stereocenters. The smallest absolute Gasteiger partial charge is 0.326 e. The predicted octanol–water partition coefficient (Wildman–Crippen LogP) is 1.13. The van der Waals surface area contributed by atoms with E-state index in [1.54, 1.807) is 18.4 Å². The molecule has 0 bridgehead atoms. The van der Waals surface area contributed by atoms with E-state index >= 15 is 0 Å². The second-order valence-electron chi connectivity index (χ2n) is 3.98. The van der Waals surface area contributed by atoms with Crippen molar-refractivity contribution in [3.05, 3.63) is 33.7 Å². The van der Waals surface area contributed by atoms with Gasteiger partial charge in [0.05, 0.1) is 0 Å². The van der Waals surface area contributed by atoms with Gasteiger partial charge in [-0.25, -0.2) is 4.79 Å². The second-order valence-corrected chi connectivity index (χ2v) is 3.98. The monoisotopic (exact) mass is 239 g/mol. The highest BCUT2D eigenvalue weighted by Crippen LogP contribution is 2.16. The highest BCUT2D eigenvalue weighted by atomic mass is 16.5. The molecule has 5 heteroatoms. The molecule has 0 saturated heterocycles. The molecule has 0 fully saturated rings. The van der Waals surface area contributed by atoms with Crippen molar-refractivity contribution >= 4 is 5.97 Å². The third-order valence-electron chi connectivity index (χ3n) is 2.65. The van der Waals surface area contributed by atoms with Crippen molar-refractivity contribution < 1.29 is 14.6 Å². The van der Waals surface area contributed by atoms with Crippen LogP contribution in [0.3, 0.4) is 0 Å². The molecule has 1 heterocycles. The molecule has 94 valence electrons. The lowest BCUT2D eigenvalue weighted by molar-refractivity contribution is -0.141. The van der Waals surface area contributed by atoms with E-state index in [-0.39, 0.29) is 5.43 Å². The molecule has 0 spiro atoms. The van der Waals surface area contributed by atoms with E-state index in [9.17, 15) is 14.7 Å². The van der Waals surface area contributed by atoms with Gasteiger partial charge in [-0.05, 0) is 13.8 Å². The standard InChI is InChI=1S/C12H17NO4/c1-8-6-10(14)7-9(2)13(8)11(12(15)16)4-5-17-3/h6-7,11H,4-5H2,1-3H3,(H,15,16). The van der Waals surface area contributed by atoms with Crippen molar-refractivity contribution in [1.29, 1.82) is 0 Å². The van der Waals surface area contributed by atoms with Crippen LogP contribution in [0.1, 0.15) is 23.9 Å². The Bertz CT molecular complexity index is 438. The second kappa shape index (κ2) is 5.63. The van der Waals surface area contributed by atoms with Crippen molar-refractivity contribution in [2.75, 3.05) is 13.7 Å². The maximum atomic E-state index is 11.3. The van der Waals surface area contributed by atoms with Gasteiger partial charge in [-0.1, -0.05) is 0 Å². The molecule has 5 nitrogen and oxygen atoms in total. The fourth-order valence-corrected chi connectivity index (χ4v) is 1.95. The van der Waals surface area contributed by atoms with E-state index in [0.29, 0.717) is 24.4 Å². The minimum Gasteiger partial charge on any atom is -0.480 e. The Kier molecular flexibility index (Phi) is 4.45. The fourth-order valence-electron chi connectivity index (χ4n) is 1.95. The summed E-state index contributed by atoms with van der Waals surface area (Å²) in [6.07, 6.45) is 0.371. The number of ether oxygens (including phenoxy) is 1. The summed E-state index contributed by atoms with van der Waals surface area (Å²) < 4.78 is 6.56. The first-order chi connectivity index (χ1) is 7.97. The maximum absolute atomic E-state index is 11.3. The average molecular weight is 239 g/mol. The van der Waals surface area contributed by atoms with Crippen LogP contribution >= 0.6 is 0 Å². The van der Waals surface area contributed by atoms with Gasteiger partial charge in [0.25, 0.3) is 0 Å². The summed E-state index contributed by atoms with van der Waals surface area (Å²) in [5.74, 6) is -0.920. The minimum atomic E-state index is -0.920. The molecule has 0 aliphatic rings. The Morgan fingerprint density at radius 1 is 1.41 bits per heavy atom. The van der Waals surface area contributed by atoms with Crippen LogP contribution in [-0.4, -0.2) is 29.4 Å². The number of carbonyl (C=O) groups is 1. The van der Waals surface area contributed by atoms with E-state index < -0.39 is 12.0 Å². The molecule has 1 N–H and O–H groups in total. The van der Waals surface area contributed by atoms with Crippen LogP contribution in [0.5, 0.6) is 0 Å². The highest BCUT2D eigenvalue weighted by molar-refractivity contribution is 5.72. The number of aryl methyl sites for hydroxylation is 2. The molecule has 0 amide bonds. The summed E-state index contributed by atoms with van der Waals surface area (Å²) >= 11 is 0. The van der Waals surface area contributed by atoms with Gasteiger partial charge >= 0.3 is 5.97 Å². The number of hydrogen-bond donors (Lipinski definition) is 1. The summed E-state index contributed by atoms with van der Waals surface area (Å²) in [4.78, 5) is 22.5. The van der Waals surface area contributed by atoms with Crippen molar-refractivity contribution in [3.8, 4) is 0 Å². The van der Waals surface area contributed by atoms with Crippen LogP contribution in [0, 0.1) is 13.8 Å². The van der Waals surface area contributed by atoms with Gasteiger partial charge in [-0.3, -0.25) is 4.79 Å². The molecule has 0 aliphatic carbocycles. The first-order valence-electron chi connectivity index (χ1n) is 5.39. The SMILES string of the molecule is COCCC(C(=O)O)n1c(C)cc(=O)cc1C. The number of carboxylic acid groups (broad SMARTS) is 1. The summed E-state index contributed by atoms with van der Waals surface area (Å²) in [7, 11) is 1.53. The molecule has 0 saturated carbocycles. The fraction of sp³-hybridized carbons (Fsp3) is 0.500. The van der Waals surface area contributed by atoms with Crippen molar-refractivity contribution in [1.82, 2.24) is 4.57 Å². The Hall–Kier alpha value is -1.62. The molecule has 0 aliphatic heterocycles. The lowest BCUT2D eigenvalue weighted by atomic mass is 10.1. The molecular formula is C12H17NO4. The van der Waals surface area contributed by atoms with Gasteiger partial charge in [0.2, 0.25) is 0 Å². The Labute approximate surface area is 99.6 Å². The number of methoxy groups -OCH3 is 1. The molecule has 0 radical (unpaired) electrons. The van der Waals surface area contributed by atoms with E-state index in [2.05, 4.69) is 0 Å². The number of nitrogens with zero attached hydrogens (tertiary/aromatic N) is 1. The Morgan fingerprint density at radius 2 is 1.94 bits per heavy atom. The molecule has 17 heavy (non-hydrogen) atoms. The number of aromatic nitrogens is 1. The zero-order valence-electron chi connectivity index (χ0n) is 10.3. The van der Waals surface area contributed by atoms with Crippen LogP contribution in [0.15, 0.2) is 16.9 Å². The first-order valence-corrected chi connectivity index (χ1v) is 5.39. The van der Waals surface area contributed by atoms with Crippen molar-refractivity contribution in [2.24, 2.45) is 0 Å². The predicted molar refractivity (Wildman–Crippen MR) is 63.3 cm³/mol. The maximum Gasteiger partial charge on any atom is 0.326 e. The van der Waals surface area contributed by atoms with Crippen LogP contribution in [0.2, 0.25) is 0 Å². The van der Waals surface area contributed by atoms with Crippen molar-refractivity contribution in [3.63, 3.8) is 0 Å². The van der Waals surface area contributed by atoms with E-state index in [1.807, 2.05) is 0 Å².